The van der Waals surface area contributed by atoms with Gasteiger partial charge in [0.1, 0.15) is 5.82 Å². The quantitative estimate of drug-likeness (QED) is 0.520. The Bertz CT molecular complexity index is 856. The molecule has 0 atom stereocenters. The third-order valence-corrected chi connectivity index (χ3v) is 4.15. The van der Waals surface area contributed by atoms with Crippen molar-refractivity contribution < 1.29 is 5.11 Å². The third-order valence-electron chi connectivity index (χ3n) is 3.52. The van der Waals surface area contributed by atoms with Crippen LogP contribution >= 0.6 is 23.2 Å². The van der Waals surface area contributed by atoms with Crippen molar-refractivity contribution in [1.82, 2.24) is 15.0 Å². The van der Waals surface area contributed by atoms with Crippen LogP contribution in [0.4, 0.5) is 17.5 Å². The summed E-state index contributed by atoms with van der Waals surface area (Å²) in [5.41, 5.74) is 2.13. The fourth-order valence-corrected chi connectivity index (χ4v) is 2.77. The largest absolute Gasteiger partial charge is 0.396 e. The summed E-state index contributed by atoms with van der Waals surface area (Å²) in [7, 11) is 0. The topological polar surface area (TPSA) is 83.0 Å². The molecule has 0 bridgehead atoms. The second kappa shape index (κ2) is 8.80. The number of aliphatic hydroxyl groups is 1. The van der Waals surface area contributed by atoms with Gasteiger partial charge in [-0.25, -0.2) is 4.98 Å². The number of rotatable bonds is 7. The third kappa shape index (κ3) is 4.60. The van der Waals surface area contributed by atoms with Gasteiger partial charge in [0.15, 0.2) is 0 Å². The summed E-state index contributed by atoms with van der Waals surface area (Å²) >= 11 is 12.5. The molecule has 6 nitrogen and oxygen atoms in total. The lowest BCUT2D eigenvalue weighted by Crippen LogP contribution is -2.09. The Kier molecular flexibility index (Phi) is 6.22. The number of aromatic nitrogens is 3. The van der Waals surface area contributed by atoms with Gasteiger partial charge in [-0.2, -0.15) is 4.98 Å². The second-order valence-corrected chi connectivity index (χ2v) is 6.24. The van der Waals surface area contributed by atoms with Crippen LogP contribution in [0.3, 0.4) is 0 Å². The maximum atomic E-state index is 8.96. The van der Waals surface area contributed by atoms with Gasteiger partial charge in [0.25, 0.3) is 0 Å². The number of hydrogen-bond acceptors (Lipinski definition) is 6. The lowest BCUT2D eigenvalue weighted by Gasteiger charge is -2.13. The molecule has 134 valence electrons. The van der Waals surface area contributed by atoms with E-state index in [0.29, 0.717) is 46.2 Å². The molecule has 8 heteroatoms. The van der Waals surface area contributed by atoms with Crippen molar-refractivity contribution in [2.75, 3.05) is 23.8 Å². The maximum absolute atomic E-state index is 8.96. The van der Waals surface area contributed by atoms with E-state index < -0.39 is 0 Å². The summed E-state index contributed by atoms with van der Waals surface area (Å²) in [5.74, 6) is 0.978. The highest BCUT2D eigenvalue weighted by molar-refractivity contribution is 6.39. The molecule has 0 amide bonds. The molecule has 0 aliphatic carbocycles. The number of nitrogens with one attached hydrogen (secondary N) is 2. The molecule has 0 saturated heterocycles. The number of nitrogens with zero attached hydrogens (tertiary/aromatic N) is 3. The Morgan fingerprint density at radius 2 is 1.85 bits per heavy atom. The maximum Gasteiger partial charge on any atom is 0.225 e. The van der Waals surface area contributed by atoms with Gasteiger partial charge in [0.05, 0.1) is 21.4 Å². The van der Waals surface area contributed by atoms with Crippen molar-refractivity contribution in [3.05, 3.63) is 58.8 Å². The Labute approximate surface area is 161 Å². The first kappa shape index (κ1) is 18.4. The molecular formula is C18H17Cl2N5O. The van der Waals surface area contributed by atoms with Crippen LogP contribution in [0.5, 0.6) is 0 Å². The molecule has 0 radical (unpaired) electrons. The lowest BCUT2D eigenvalue weighted by molar-refractivity contribution is 0.292. The van der Waals surface area contributed by atoms with Crippen LogP contribution in [-0.4, -0.2) is 33.2 Å². The highest BCUT2D eigenvalue weighted by atomic mass is 35.5. The van der Waals surface area contributed by atoms with Crippen LogP contribution < -0.4 is 10.6 Å². The second-order valence-electron chi connectivity index (χ2n) is 5.43. The lowest BCUT2D eigenvalue weighted by atomic mass is 10.2. The molecule has 3 aromatic rings. The zero-order chi connectivity index (χ0) is 18.4. The number of hydrogen-bond donors (Lipinski definition) is 3. The van der Waals surface area contributed by atoms with Crippen LogP contribution in [0.1, 0.15) is 6.42 Å². The van der Waals surface area contributed by atoms with Gasteiger partial charge >= 0.3 is 0 Å². The van der Waals surface area contributed by atoms with Crippen molar-refractivity contribution in [2.24, 2.45) is 0 Å². The van der Waals surface area contributed by atoms with Crippen molar-refractivity contribution in [1.29, 1.82) is 0 Å². The number of benzene rings is 1. The van der Waals surface area contributed by atoms with E-state index >= 15 is 0 Å². The predicted octanol–water partition coefficient (Wildman–Crippen LogP) is 4.38. The number of aliphatic hydroxyl groups excluding tert-OH is 1. The van der Waals surface area contributed by atoms with Crippen LogP contribution in [0, 0.1) is 0 Å². The fourth-order valence-electron chi connectivity index (χ4n) is 2.28. The highest BCUT2D eigenvalue weighted by Crippen LogP contribution is 2.33. The summed E-state index contributed by atoms with van der Waals surface area (Å²) in [6.45, 7) is 0.648. The van der Waals surface area contributed by atoms with Crippen LogP contribution in [0.2, 0.25) is 10.0 Å². The van der Waals surface area contributed by atoms with Gasteiger partial charge in [-0.05, 0) is 30.7 Å². The minimum absolute atomic E-state index is 0.0929. The first-order valence-corrected chi connectivity index (χ1v) is 8.78. The van der Waals surface area contributed by atoms with E-state index in [4.69, 9.17) is 28.3 Å². The fraction of sp³-hybridized carbons (Fsp3) is 0.167. The zero-order valence-electron chi connectivity index (χ0n) is 13.8. The van der Waals surface area contributed by atoms with E-state index in [2.05, 4.69) is 25.6 Å². The van der Waals surface area contributed by atoms with E-state index in [1.807, 2.05) is 12.1 Å². The molecule has 0 spiro atoms. The summed E-state index contributed by atoms with van der Waals surface area (Å²) in [6.07, 6.45) is 4.03. The summed E-state index contributed by atoms with van der Waals surface area (Å²) < 4.78 is 0. The number of pyridine rings is 1. The number of anilines is 3. The van der Waals surface area contributed by atoms with Crippen LogP contribution in [0.25, 0.3) is 11.3 Å². The molecule has 0 saturated carbocycles. The van der Waals surface area contributed by atoms with Crippen molar-refractivity contribution in [3.8, 4) is 11.3 Å². The molecule has 0 aliphatic rings. The molecule has 2 aromatic heterocycles. The average molecular weight is 390 g/mol. The van der Waals surface area contributed by atoms with Crippen LogP contribution in [0.15, 0.2) is 48.8 Å². The van der Waals surface area contributed by atoms with Crippen LogP contribution in [-0.2, 0) is 0 Å². The summed E-state index contributed by atoms with van der Waals surface area (Å²) in [5, 5.41) is 16.2. The average Bonchev–Trinajstić information content (AvgIpc) is 2.66. The first-order chi connectivity index (χ1) is 12.7. The first-order valence-electron chi connectivity index (χ1n) is 8.02. The van der Waals surface area contributed by atoms with Gasteiger partial charge in [-0.3, -0.25) is 4.98 Å². The minimum Gasteiger partial charge on any atom is -0.396 e. The summed E-state index contributed by atoms with van der Waals surface area (Å²) in [4.78, 5) is 13.1. The summed E-state index contributed by atoms with van der Waals surface area (Å²) in [6, 6.07) is 10.8. The molecule has 1 aromatic carbocycles. The smallest absolute Gasteiger partial charge is 0.225 e. The van der Waals surface area contributed by atoms with E-state index in [0.717, 1.165) is 5.56 Å². The van der Waals surface area contributed by atoms with Gasteiger partial charge in [0, 0.05) is 37.2 Å². The monoisotopic (exact) mass is 389 g/mol. The van der Waals surface area contributed by atoms with E-state index in [9.17, 15) is 0 Å². The van der Waals surface area contributed by atoms with E-state index in [1.54, 1.807) is 36.7 Å². The minimum atomic E-state index is 0.0929. The predicted molar refractivity (Wildman–Crippen MR) is 105 cm³/mol. The molecular weight excluding hydrogens is 373 g/mol. The Balaban J connectivity index is 1.96. The van der Waals surface area contributed by atoms with Crippen molar-refractivity contribution in [3.63, 3.8) is 0 Å². The Hall–Kier alpha value is -2.41. The van der Waals surface area contributed by atoms with Crippen molar-refractivity contribution >= 4 is 40.7 Å². The number of halogens is 2. The molecule has 3 N–H and O–H groups in total. The SMILES string of the molecule is OCCCNc1nc(Nc2c(Cl)cccc2Cl)cc(-c2cccnc2)n1. The van der Waals surface area contributed by atoms with E-state index in [-0.39, 0.29) is 6.61 Å². The van der Waals surface area contributed by atoms with Crippen molar-refractivity contribution in [2.45, 2.75) is 6.42 Å². The molecule has 0 fully saturated rings. The molecule has 0 aliphatic heterocycles. The van der Waals surface area contributed by atoms with Gasteiger partial charge < -0.3 is 15.7 Å². The molecule has 0 unspecified atom stereocenters. The van der Waals surface area contributed by atoms with Gasteiger partial charge in [-0.15, -0.1) is 0 Å². The van der Waals surface area contributed by atoms with Gasteiger partial charge in [-0.1, -0.05) is 29.3 Å². The highest BCUT2D eigenvalue weighted by Gasteiger charge is 2.11. The Morgan fingerprint density at radius 1 is 1.04 bits per heavy atom. The number of para-hydroxylation sites is 1. The molecule has 26 heavy (non-hydrogen) atoms. The Morgan fingerprint density at radius 3 is 2.54 bits per heavy atom. The van der Waals surface area contributed by atoms with Gasteiger partial charge in [0.2, 0.25) is 5.95 Å². The van der Waals surface area contributed by atoms with E-state index in [1.165, 1.54) is 0 Å². The molecule has 2 heterocycles. The zero-order valence-corrected chi connectivity index (χ0v) is 15.3. The molecule has 3 rings (SSSR count). The standard InChI is InChI=1S/C18H17Cl2N5O/c19-13-5-1-6-14(20)17(13)24-16-10-15(12-4-2-7-21-11-12)23-18(25-16)22-8-3-9-26/h1-2,4-7,10-11,26H,3,8-9H2,(H2,22,23,24,25). The normalized spacial score (nSPS) is 10.6.